The lowest BCUT2D eigenvalue weighted by Crippen LogP contribution is -2.06. The Morgan fingerprint density at radius 1 is 1.35 bits per heavy atom. The third-order valence-electron chi connectivity index (χ3n) is 2.78. The standard InChI is InChI=1S/C17H11Cl2NO3/c1-2-7-22-17(21)11(10-20)8-13-4-6-16(23-13)14-9-12(18)3-5-15(14)19/h2-6,8-9H,1,7H2/b11-8+. The van der Waals surface area contributed by atoms with Crippen LogP contribution in [0.15, 0.2) is 53.0 Å². The molecule has 0 aliphatic heterocycles. The Morgan fingerprint density at radius 2 is 2.13 bits per heavy atom. The van der Waals surface area contributed by atoms with Gasteiger partial charge in [0.1, 0.15) is 29.8 Å². The highest BCUT2D eigenvalue weighted by Gasteiger charge is 2.13. The largest absolute Gasteiger partial charge is 0.457 e. The second-order valence-electron chi connectivity index (χ2n) is 4.38. The molecule has 0 spiro atoms. The minimum absolute atomic E-state index is 0.0272. The lowest BCUT2D eigenvalue weighted by atomic mass is 10.2. The molecule has 4 nitrogen and oxygen atoms in total. The average Bonchev–Trinajstić information content (AvgIpc) is 3.01. The van der Waals surface area contributed by atoms with E-state index in [1.165, 1.54) is 12.2 Å². The van der Waals surface area contributed by atoms with Crippen molar-refractivity contribution in [2.24, 2.45) is 0 Å². The zero-order chi connectivity index (χ0) is 16.8. The fraction of sp³-hybridized carbons (Fsp3) is 0.0588. The second-order valence-corrected chi connectivity index (χ2v) is 5.23. The van der Waals surface area contributed by atoms with Crippen molar-refractivity contribution < 1.29 is 13.9 Å². The molecular weight excluding hydrogens is 337 g/mol. The monoisotopic (exact) mass is 347 g/mol. The number of halogens is 2. The maximum atomic E-state index is 11.7. The summed E-state index contributed by atoms with van der Waals surface area (Å²) in [5.41, 5.74) is 0.441. The number of ether oxygens (including phenoxy) is 1. The number of nitriles is 1. The second kappa shape index (κ2) is 7.68. The zero-order valence-electron chi connectivity index (χ0n) is 11.9. The summed E-state index contributed by atoms with van der Waals surface area (Å²) in [6.07, 6.45) is 2.71. The van der Waals surface area contributed by atoms with E-state index in [0.29, 0.717) is 27.1 Å². The molecule has 0 N–H and O–H groups in total. The lowest BCUT2D eigenvalue weighted by molar-refractivity contribution is -0.137. The highest BCUT2D eigenvalue weighted by atomic mass is 35.5. The molecule has 1 heterocycles. The van der Waals surface area contributed by atoms with Gasteiger partial charge in [-0.05, 0) is 30.3 Å². The Balaban J connectivity index is 2.29. The van der Waals surface area contributed by atoms with Crippen molar-refractivity contribution in [2.75, 3.05) is 6.61 Å². The number of carbonyl (C=O) groups excluding carboxylic acids is 1. The van der Waals surface area contributed by atoms with E-state index in [9.17, 15) is 4.79 Å². The molecule has 0 radical (unpaired) electrons. The smallest absolute Gasteiger partial charge is 0.349 e. The van der Waals surface area contributed by atoms with E-state index in [-0.39, 0.29) is 12.2 Å². The lowest BCUT2D eigenvalue weighted by Gasteiger charge is -2.01. The quantitative estimate of drug-likeness (QED) is 0.334. The van der Waals surface area contributed by atoms with Crippen LogP contribution in [0.1, 0.15) is 5.76 Å². The molecule has 0 bridgehead atoms. The van der Waals surface area contributed by atoms with E-state index in [2.05, 4.69) is 6.58 Å². The summed E-state index contributed by atoms with van der Waals surface area (Å²) in [6.45, 7) is 3.46. The van der Waals surface area contributed by atoms with Crippen LogP contribution in [0.2, 0.25) is 10.0 Å². The van der Waals surface area contributed by atoms with Gasteiger partial charge in [0.15, 0.2) is 0 Å². The molecule has 2 rings (SSSR count). The van der Waals surface area contributed by atoms with Gasteiger partial charge in [0.2, 0.25) is 0 Å². The first-order valence-electron chi connectivity index (χ1n) is 6.50. The molecule has 0 fully saturated rings. The maximum Gasteiger partial charge on any atom is 0.349 e. The summed E-state index contributed by atoms with van der Waals surface area (Å²) in [5.74, 6) is 0.0507. The van der Waals surface area contributed by atoms with Crippen LogP contribution in [-0.2, 0) is 9.53 Å². The van der Waals surface area contributed by atoms with Gasteiger partial charge < -0.3 is 9.15 Å². The van der Waals surface area contributed by atoms with Gasteiger partial charge in [-0.15, -0.1) is 0 Å². The molecule has 0 saturated heterocycles. The van der Waals surface area contributed by atoms with Gasteiger partial charge in [0.25, 0.3) is 0 Å². The summed E-state index contributed by atoms with van der Waals surface area (Å²) >= 11 is 12.1. The van der Waals surface area contributed by atoms with Gasteiger partial charge in [0, 0.05) is 16.7 Å². The van der Waals surface area contributed by atoms with E-state index in [1.807, 2.05) is 0 Å². The number of benzene rings is 1. The Labute approximate surface area is 143 Å². The van der Waals surface area contributed by atoms with Crippen molar-refractivity contribution in [3.63, 3.8) is 0 Å². The molecule has 1 aromatic carbocycles. The molecule has 0 saturated carbocycles. The summed E-state index contributed by atoms with van der Waals surface area (Å²) in [7, 11) is 0. The molecule has 0 amide bonds. The van der Waals surface area contributed by atoms with E-state index >= 15 is 0 Å². The van der Waals surface area contributed by atoms with Crippen LogP contribution < -0.4 is 0 Å². The number of rotatable bonds is 5. The Morgan fingerprint density at radius 3 is 2.83 bits per heavy atom. The van der Waals surface area contributed by atoms with E-state index in [4.69, 9.17) is 37.6 Å². The molecule has 0 aliphatic rings. The van der Waals surface area contributed by atoms with Gasteiger partial charge in [-0.2, -0.15) is 5.26 Å². The predicted molar refractivity (Wildman–Crippen MR) is 88.9 cm³/mol. The van der Waals surface area contributed by atoms with Gasteiger partial charge in [-0.1, -0.05) is 35.9 Å². The molecule has 1 aromatic heterocycles. The molecule has 0 aliphatic carbocycles. The van der Waals surface area contributed by atoms with Crippen LogP contribution in [0.3, 0.4) is 0 Å². The number of nitrogens with zero attached hydrogens (tertiary/aromatic N) is 1. The normalized spacial score (nSPS) is 10.9. The minimum atomic E-state index is -0.744. The van der Waals surface area contributed by atoms with Crippen LogP contribution in [-0.4, -0.2) is 12.6 Å². The van der Waals surface area contributed by atoms with Crippen molar-refractivity contribution in [3.8, 4) is 17.4 Å². The van der Waals surface area contributed by atoms with Crippen LogP contribution >= 0.6 is 23.2 Å². The van der Waals surface area contributed by atoms with Gasteiger partial charge in [-0.3, -0.25) is 0 Å². The number of furan rings is 1. The Bertz CT molecular complexity index is 815. The summed E-state index contributed by atoms with van der Waals surface area (Å²) < 4.78 is 10.4. The van der Waals surface area contributed by atoms with Crippen molar-refractivity contribution in [3.05, 3.63) is 64.4 Å². The van der Waals surface area contributed by atoms with Crippen molar-refractivity contribution in [2.45, 2.75) is 0 Å². The molecule has 116 valence electrons. The average molecular weight is 348 g/mol. The van der Waals surface area contributed by atoms with Crippen LogP contribution in [0.4, 0.5) is 0 Å². The number of carbonyl (C=O) groups is 1. The van der Waals surface area contributed by atoms with Crippen molar-refractivity contribution in [1.29, 1.82) is 5.26 Å². The molecule has 23 heavy (non-hydrogen) atoms. The third kappa shape index (κ3) is 4.26. The number of esters is 1. The number of hydrogen-bond acceptors (Lipinski definition) is 4. The first-order valence-corrected chi connectivity index (χ1v) is 7.26. The summed E-state index contributed by atoms with van der Waals surface area (Å²) in [6, 6.07) is 10.1. The van der Waals surface area contributed by atoms with Crippen LogP contribution in [0, 0.1) is 11.3 Å². The molecule has 0 unspecified atom stereocenters. The van der Waals surface area contributed by atoms with Gasteiger partial charge >= 0.3 is 5.97 Å². The van der Waals surface area contributed by atoms with E-state index in [0.717, 1.165) is 0 Å². The van der Waals surface area contributed by atoms with Crippen LogP contribution in [0.5, 0.6) is 0 Å². The van der Waals surface area contributed by atoms with E-state index in [1.54, 1.807) is 36.4 Å². The topological polar surface area (TPSA) is 63.2 Å². The third-order valence-corrected chi connectivity index (χ3v) is 3.34. The zero-order valence-corrected chi connectivity index (χ0v) is 13.4. The first-order chi connectivity index (χ1) is 11.0. The minimum Gasteiger partial charge on any atom is -0.457 e. The summed E-state index contributed by atoms with van der Waals surface area (Å²) in [4.78, 5) is 11.7. The SMILES string of the molecule is C=CCOC(=O)/C(C#N)=C/c1ccc(-c2cc(Cl)ccc2Cl)o1. The Hall–Kier alpha value is -2.48. The van der Waals surface area contributed by atoms with Gasteiger partial charge in [0.05, 0.1) is 5.02 Å². The first kappa shape index (κ1) is 16.9. The molecule has 6 heteroatoms. The fourth-order valence-electron chi connectivity index (χ4n) is 1.75. The van der Waals surface area contributed by atoms with E-state index < -0.39 is 5.97 Å². The highest BCUT2D eigenvalue weighted by Crippen LogP contribution is 2.32. The highest BCUT2D eigenvalue weighted by molar-refractivity contribution is 6.35. The van der Waals surface area contributed by atoms with Crippen LogP contribution in [0.25, 0.3) is 17.4 Å². The fourth-order valence-corrected chi connectivity index (χ4v) is 2.14. The van der Waals surface area contributed by atoms with Crippen molar-refractivity contribution in [1.82, 2.24) is 0 Å². The van der Waals surface area contributed by atoms with Crippen molar-refractivity contribution >= 4 is 35.2 Å². The van der Waals surface area contributed by atoms with Gasteiger partial charge in [-0.25, -0.2) is 4.79 Å². The predicted octanol–water partition coefficient (Wildman–Crippen LogP) is 4.89. The summed E-state index contributed by atoms with van der Waals surface area (Å²) in [5, 5.41) is 10.0. The molecule has 2 aromatic rings. The Kier molecular flexibility index (Phi) is 5.64. The molecular formula is C17H11Cl2NO3. The number of hydrogen-bond donors (Lipinski definition) is 0. The molecule has 0 atom stereocenters. The maximum absolute atomic E-state index is 11.7.